The molecular weight excluding hydrogens is 266 g/mol. The molecule has 0 aromatic heterocycles. The Bertz CT molecular complexity index is 640. The van der Waals surface area contributed by atoms with Crippen LogP contribution in [0.3, 0.4) is 0 Å². The van der Waals surface area contributed by atoms with E-state index in [1.54, 1.807) is 12.1 Å². The highest BCUT2D eigenvalue weighted by molar-refractivity contribution is 6.01. The highest BCUT2D eigenvalue weighted by atomic mass is 16.5. The molecule has 1 amide bonds. The zero-order valence-electron chi connectivity index (χ0n) is 11.6. The number of nitrogens with zero attached hydrogens (tertiary/aromatic N) is 1. The topological polar surface area (TPSA) is 67.6 Å². The van der Waals surface area contributed by atoms with Crippen molar-refractivity contribution < 1.29 is 9.53 Å². The van der Waals surface area contributed by atoms with Crippen LogP contribution in [0, 0.1) is 0 Å². The fourth-order valence-corrected chi connectivity index (χ4v) is 2.34. The van der Waals surface area contributed by atoms with Gasteiger partial charge >= 0.3 is 0 Å². The summed E-state index contributed by atoms with van der Waals surface area (Å²) >= 11 is 0. The van der Waals surface area contributed by atoms with E-state index in [-0.39, 0.29) is 5.91 Å². The molecule has 5 heteroatoms. The zero-order chi connectivity index (χ0) is 14.7. The van der Waals surface area contributed by atoms with E-state index in [2.05, 4.69) is 5.32 Å². The monoisotopic (exact) mass is 283 g/mol. The maximum Gasteiger partial charge on any atom is 0.243 e. The highest BCUT2D eigenvalue weighted by Crippen LogP contribution is 2.28. The number of hydrogen-bond acceptors (Lipinski definition) is 4. The number of nitrogens with one attached hydrogen (secondary N) is 1. The SMILES string of the molecule is Nc1ccc(OCCN2CC(=O)Nc3ccccc32)cc1. The minimum Gasteiger partial charge on any atom is -0.492 e. The van der Waals surface area contributed by atoms with Crippen molar-refractivity contribution in [2.75, 3.05) is 35.6 Å². The molecule has 1 heterocycles. The van der Waals surface area contributed by atoms with Crippen molar-refractivity contribution in [1.82, 2.24) is 0 Å². The molecule has 3 N–H and O–H groups in total. The fourth-order valence-electron chi connectivity index (χ4n) is 2.34. The van der Waals surface area contributed by atoms with E-state index in [0.29, 0.717) is 25.4 Å². The van der Waals surface area contributed by atoms with Crippen LogP contribution in [0.15, 0.2) is 48.5 Å². The molecule has 0 bridgehead atoms. The number of ether oxygens (including phenoxy) is 1. The summed E-state index contributed by atoms with van der Waals surface area (Å²) < 4.78 is 5.69. The van der Waals surface area contributed by atoms with Gasteiger partial charge in [-0.15, -0.1) is 0 Å². The molecule has 21 heavy (non-hydrogen) atoms. The third-order valence-corrected chi connectivity index (χ3v) is 3.36. The summed E-state index contributed by atoms with van der Waals surface area (Å²) in [5, 5.41) is 2.87. The number of anilines is 3. The number of para-hydroxylation sites is 2. The molecule has 1 aliphatic heterocycles. The highest BCUT2D eigenvalue weighted by Gasteiger charge is 2.20. The van der Waals surface area contributed by atoms with Gasteiger partial charge < -0.3 is 20.7 Å². The number of carbonyl (C=O) groups excluding carboxylic acids is 1. The van der Waals surface area contributed by atoms with Crippen molar-refractivity contribution in [3.8, 4) is 5.75 Å². The Hall–Kier alpha value is -2.69. The lowest BCUT2D eigenvalue weighted by Crippen LogP contribution is -2.40. The van der Waals surface area contributed by atoms with Gasteiger partial charge in [-0.2, -0.15) is 0 Å². The predicted octanol–water partition coefficient (Wildman–Crippen LogP) is 2.11. The van der Waals surface area contributed by atoms with Crippen LogP contribution in [0.5, 0.6) is 5.75 Å². The Labute approximate surface area is 123 Å². The summed E-state index contributed by atoms with van der Waals surface area (Å²) in [6.45, 7) is 1.50. The molecule has 3 rings (SSSR count). The molecule has 2 aromatic rings. The van der Waals surface area contributed by atoms with Gasteiger partial charge in [-0.1, -0.05) is 12.1 Å². The summed E-state index contributed by atoms with van der Waals surface area (Å²) in [7, 11) is 0. The van der Waals surface area contributed by atoms with Crippen molar-refractivity contribution in [3.63, 3.8) is 0 Å². The van der Waals surface area contributed by atoms with Crippen molar-refractivity contribution in [2.24, 2.45) is 0 Å². The van der Waals surface area contributed by atoms with Gasteiger partial charge in [0.15, 0.2) is 0 Å². The van der Waals surface area contributed by atoms with Gasteiger partial charge in [0, 0.05) is 5.69 Å². The lowest BCUT2D eigenvalue weighted by Gasteiger charge is -2.30. The molecule has 2 aromatic carbocycles. The summed E-state index contributed by atoms with van der Waals surface area (Å²) in [5.41, 5.74) is 8.22. The van der Waals surface area contributed by atoms with Gasteiger partial charge in [-0.3, -0.25) is 4.79 Å². The van der Waals surface area contributed by atoms with Crippen LogP contribution in [0.4, 0.5) is 17.1 Å². The van der Waals surface area contributed by atoms with Gasteiger partial charge in [0.05, 0.1) is 24.5 Å². The largest absolute Gasteiger partial charge is 0.492 e. The number of amides is 1. The Morgan fingerprint density at radius 3 is 2.71 bits per heavy atom. The molecule has 5 nitrogen and oxygen atoms in total. The third-order valence-electron chi connectivity index (χ3n) is 3.36. The number of benzene rings is 2. The molecular formula is C16H17N3O2. The molecule has 0 atom stereocenters. The number of rotatable bonds is 4. The zero-order valence-corrected chi connectivity index (χ0v) is 11.6. The van der Waals surface area contributed by atoms with E-state index in [0.717, 1.165) is 17.1 Å². The lowest BCUT2D eigenvalue weighted by molar-refractivity contribution is -0.115. The Balaban J connectivity index is 1.63. The molecule has 0 fully saturated rings. The van der Waals surface area contributed by atoms with Crippen LogP contribution in [-0.2, 0) is 4.79 Å². The van der Waals surface area contributed by atoms with Gasteiger partial charge in [-0.25, -0.2) is 0 Å². The van der Waals surface area contributed by atoms with E-state index in [1.807, 2.05) is 41.3 Å². The predicted molar refractivity (Wildman–Crippen MR) is 83.6 cm³/mol. The van der Waals surface area contributed by atoms with Gasteiger partial charge in [0.1, 0.15) is 12.4 Å². The minimum absolute atomic E-state index is 0.00110. The third kappa shape index (κ3) is 3.08. The van der Waals surface area contributed by atoms with Gasteiger partial charge in [-0.05, 0) is 36.4 Å². The summed E-state index contributed by atoms with van der Waals surface area (Å²) in [6.07, 6.45) is 0. The van der Waals surface area contributed by atoms with Crippen molar-refractivity contribution in [1.29, 1.82) is 0 Å². The molecule has 1 aliphatic rings. The molecule has 0 radical (unpaired) electrons. The first-order valence-electron chi connectivity index (χ1n) is 6.84. The minimum atomic E-state index is 0.00110. The second kappa shape index (κ2) is 5.75. The van der Waals surface area contributed by atoms with Gasteiger partial charge in [0.2, 0.25) is 5.91 Å². The number of nitrogen functional groups attached to an aromatic ring is 1. The van der Waals surface area contributed by atoms with Crippen LogP contribution >= 0.6 is 0 Å². The first-order valence-corrected chi connectivity index (χ1v) is 6.84. The van der Waals surface area contributed by atoms with Crippen LogP contribution in [0.25, 0.3) is 0 Å². The summed E-state index contributed by atoms with van der Waals surface area (Å²) in [6, 6.07) is 15.1. The summed E-state index contributed by atoms with van der Waals surface area (Å²) in [5.74, 6) is 0.778. The van der Waals surface area contributed by atoms with Crippen molar-refractivity contribution in [2.45, 2.75) is 0 Å². The lowest BCUT2D eigenvalue weighted by atomic mass is 10.2. The van der Waals surface area contributed by atoms with Crippen molar-refractivity contribution >= 4 is 23.0 Å². The quantitative estimate of drug-likeness (QED) is 0.843. The van der Waals surface area contributed by atoms with Crippen LogP contribution < -0.4 is 20.7 Å². The Kier molecular flexibility index (Phi) is 3.64. The standard InChI is InChI=1S/C16H17N3O2/c17-12-5-7-13(8-6-12)21-10-9-19-11-16(20)18-14-3-1-2-4-15(14)19/h1-8H,9-11,17H2,(H,18,20). The molecule has 108 valence electrons. The van der Waals surface area contributed by atoms with Gasteiger partial charge in [0.25, 0.3) is 0 Å². The average Bonchev–Trinajstić information content (AvgIpc) is 2.49. The maximum atomic E-state index is 11.7. The van der Waals surface area contributed by atoms with E-state index in [1.165, 1.54) is 0 Å². The van der Waals surface area contributed by atoms with E-state index >= 15 is 0 Å². The first kappa shape index (κ1) is 13.3. The van der Waals surface area contributed by atoms with Crippen molar-refractivity contribution in [3.05, 3.63) is 48.5 Å². The molecule has 0 saturated heterocycles. The number of nitrogens with two attached hydrogens (primary N) is 1. The number of fused-ring (bicyclic) bond motifs is 1. The second-order valence-corrected chi connectivity index (χ2v) is 4.90. The number of carbonyl (C=O) groups is 1. The Morgan fingerprint density at radius 2 is 1.90 bits per heavy atom. The fraction of sp³-hybridized carbons (Fsp3) is 0.188. The number of hydrogen-bond donors (Lipinski definition) is 2. The molecule has 0 spiro atoms. The smallest absolute Gasteiger partial charge is 0.243 e. The molecule has 0 aliphatic carbocycles. The summed E-state index contributed by atoms with van der Waals surface area (Å²) in [4.78, 5) is 13.7. The maximum absolute atomic E-state index is 11.7. The molecule has 0 unspecified atom stereocenters. The Morgan fingerprint density at radius 1 is 1.14 bits per heavy atom. The normalized spacial score (nSPS) is 13.5. The van der Waals surface area contributed by atoms with Crippen LogP contribution in [-0.4, -0.2) is 25.6 Å². The molecule has 0 saturated carbocycles. The van der Waals surface area contributed by atoms with E-state index in [9.17, 15) is 4.79 Å². The van der Waals surface area contributed by atoms with E-state index < -0.39 is 0 Å². The second-order valence-electron chi connectivity index (χ2n) is 4.90. The average molecular weight is 283 g/mol. The van der Waals surface area contributed by atoms with Crippen LogP contribution in [0.2, 0.25) is 0 Å². The van der Waals surface area contributed by atoms with Crippen LogP contribution in [0.1, 0.15) is 0 Å². The first-order chi connectivity index (χ1) is 10.2. The van der Waals surface area contributed by atoms with E-state index in [4.69, 9.17) is 10.5 Å².